The van der Waals surface area contributed by atoms with Crippen LogP contribution in [0.15, 0.2) is 53.9 Å². The Bertz CT molecular complexity index is 1160. The molecule has 0 unspecified atom stereocenters. The first-order valence-corrected chi connectivity index (χ1v) is 9.58. The summed E-state index contributed by atoms with van der Waals surface area (Å²) in [4.78, 5) is 10.1. The maximum absolute atomic E-state index is 12.5. The van der Waals surface area contributed by atoms with E-state index in [2.05, 4.69) is 20.0 Å². The van der Waals surface area contributed by atoms with Gasteiger partial charge in [-0.15, -0.1) is 13.2 Å². The van der Waals surface area contributed by atoms with Gasteiger partial charge in [0.05, 0.1) is 24.0 Å². The van der Waals surface area contributed by atoms with Gasteiger partial charge in [-0.25, -0.2) is 0 Å². The summed E-state index contributed by atoms with van der Waals surface area (Å²) < 4.78 is 49.0. The summed E-state index contributed by atoms with van der Waals surface area (Å²) in [7, 11) is 1.84. The fourth-order valence-corrected chi connectivity index (χ4v) is 4.02. The molecule has 1 aliphatic heterocycles. The Morgan fingerprint density at radius 2 is 1.97 bits per heavy atom. The molecule has 3 heterocycles. The molecule has 0 amide bonds. The fraction of sp³-hybridized carbons (Fsp3) is 0.286. The molecule has 7 nitrogen and oxygen atoms in total. The number of hydrogen-bond donors (Lipinski definition) is 0. The van der Waals surface area contributed by atoms with Crippen LogP contribution in [0.3, 0.4) is 0 Å². The largest absolute Gasteiger partial charge is 0.573 e. The van der Waals surface area contributed by atoms with E-state index >= 15 is 0 Å². The predicted octanol–water partition coefficient (Wildman–Crippen LogP) is 4.34. The Morgan fingerprint density at radius 1 is 1.13 bits per heavy atom. The first-order valence-electron chi connectivity index (χ1n) is 9.58. The van der Waals surface area contributed by atoms with Crippen LogP contribution in [0.25, 0.3) is 11.4 Å². The molecule has 2 aliphatic rings. The minimum atomic E-state index is -4.72. The van der Waals surface area contributed by atoms with Crippen molar-refractivity contribution >= 4 is 5.90 Å². The van der Waals surface area contributed by atoms with Crippen molar-refractivity contribution in [2.45, 2.75) is 31.2 Å². The summed E-state index contributed by atoms with van der Waals surface area (Å²) >= 11 is 0. The summed E-state index contributed by atoms with van der Waals surface area (Å²) in [6.07, 6.45) is 0.101. The first-order chi connectivity index (χ1) is 14.8. The molecule has 3 aromatic rings. The Hall–Kier alpha value is -3.56. The second kappa shape index (κ2) is 7.00. The van der Waals surface area contributed by atoms with Crippen molar-refractivity contribution < 1.29 is 27.5 Å². The second-order valence-corrected chi connectivity index (χ2v) is 7.44. The van der Waals surface area contributed by atoms with Gasteiger partial charge in [0, 0.05) is 18.8 Å². The number of pyridine rings is 1. The molecule has 0 saturated carbocycles. The second-order valence-electron chi connectivity index (χ2n) is 7.44. The number of benzene rings is 1. The van der Waals surface area contributed by atoms with Gasteiger partial charge in [0.1, 0.15) is 11.5 Å². The van der Waals surface area contributed by atoms with Crippen LogP contribution in [0.1, 0.15) is 24.0 Å². The Labute approximate surface area is 175 Å². The smallest absolute Gasteiger partial charge is 0.438 e. The van der Waals surface area contributed by atoms with Crippen molar-refractivity contribution in [2.75, 3.05) is 0 Å². The van der Waals surface area contributed by atoms with E-state index in [9.17, 15) is 13.2 Å². The van der Waals surface area contributed by atoms with Crippen LogP contribution >= 0.6 is 0 Å². The molecular formula is C21H17F3N4O3. The zero-order valence-electron chi connectivity index (χ0n) is 16.4. The van der Waals surface area contributed by atoms with Crippen LogP contribution in [0, 0.1) is 0 Å². The van der Waals surface area contributed by atoms with Gasteiger partial charge in [0.15, 0.2) is 5.60 Å². The third-order valence-corrected chi connectivity index (χ3v) is 5.41. The zero-order chi connectivity index (χ0) is 21.6. The number of oxime groups is 1. The number of halogens is 3. The van der Waals surface area contributed by atoms with Gasteiger partial charge in [0.25, 0.3) is 0 Å². The third kappa shape index (κ3) is 3.69. The number of alkyl halides is 3. The topological polar surface area (TPSA) is 70.8 Å². The summed E-state index contributed by atoms with van der Waals surface area (Å²) in [5.74, 6) is 0.661. The standard InChI is InChI=1S/C21H17F3N4O3/c1-28-18(7-9-26-28)17-5-3-15(12-25-17)29-19-11-20(31-27-19)8-6-13-10-14(2-4-16(13)20)30-21(22,23)24/h2-5,7,9-10,12H,6,8,11H2,1H3/t20-/m0/s1. The molecular weight excluding hydrogens is 413 g/mol. The lowest BCUT2D eigenvalue weighted by atomic mass is 9.92. The highest BCUT2D eigenvalue weighted by Crippen LogP contribution is 2.47. The van der Waals surface area contributed by atoms with E-state index in [1.807, 2.05) is 19.2 Å². The van der Waals surface area contributed by atoms with E-state index in [1.165, 1.54) is 12.1 Å². The number of aryl methyl sites for hydroxylation is 2. The molecule has 1 spiro atoms. The molecule has 0 saturated heterocycles. The normalized spacial score (nSPS) is 19.8. The predicted molar refractivity (Wildman–Crippen MR) is 103 cm³/mol. The van der Waals surface area contributed by atoms with Crippen LogP contribution in [0.2, 0.25) is 0 Å². The van der Waals surface area contributed by atoms with Crippen LogP contribution in [0.5, 0.6) is 11.5 Å². The molecule has 2 aromatic heterocycles. The number of ether oxygens (including phenoxy) is 2. The monoisotopic (exact) mass is 430 g/mol. The van der Waals surface area contributed by atoms with E-state index in [0.29, 0.717) is 30.9 Å². The molecule has 1 atom stereocenters. The fourth-order valence-electron chi connectivity index (χ4n) is 4.02. The van der Waals surface area contributed by atoms with Crippen LogP contribution in [-0.2, 0) is 23.9 Å². The van der Waals surface area contributed by atoms with Gasteiger partial charge in [-0.1, -0.05) is 11.2 Å². The molecule has 31 heavy (non-hydrogen) atoms. The Balaban J connectivity index is 1.28. The lowest BCUT2D eigenvalue weighted by Gasteiger charge is -2.21. The van der Waals surface area contributed by atoms with Crippen LogP contribution in [0.4, 0.5) is 13.2 Å². The van der Waals surface area contributed by atoms with E-state index in [0.717, 1.165) is 22.5 Å². The molecule has 5 rings (SSSR count). The number of hydrogen-bond acceptors (Lipinski definition) is 6. The summed E-state index contributed by atoms with van der Waals surface area (Å²) in [6.45, 7) is 0. The average molecular weight is 430 g/mol. The third-order valence-electron chi connectivity index (χ3n) is 5.41. The molecule has 1 aliphatic carbocycles. The number of aromatic nitrogens is 3. The van der Waals surface area contributed by atoms with Crippen molar-refractivity contribution in [3.8, 4) is 22.9 Å². The minimum absolute atomic E-state index is 0.238. The highest BCUT2D eigenvalue weighted by atomic mass is 19.4. The average Bonchev–Trinajstić information content (AvgIpc) is 3.42. The van der Waals surface area contributed by atoms with Gasteiger partial charge in [-0.3, -0.25) is 9.67 Å². The summed E-state index contributed by atoms with van der Waals surface area (Å²) in [5.41, 5.74) is 2.46. The summed E-state index contributed by atoms with van der Waals surface area (Å²) in [6, 6.07) is 9.78. The number of fused-ring (bicyclic) bond motifs is 2. The van der Waals surface area contributed by atoms with E-state index in [4.69, 9.17) is 9.57 Å². The van der Waals surface area contributed by atoms with E-state index in [-0.39, 0.29) is 5.75 Å². The zero-order valence-corrected chi connectivity index (χ0v) is 16.4. The van der Waals surface area contributed by atoms with Crippen molar-refractivity contribution in [2.24, 2.45) is 12.2 Å². The minimum Gasteiger partial charge on any atom is -0.438 e. The van der Waals surface area contributed by atoms with Crippen molar-refractivity contribution in [1.82, 2.24) is 14.8 Å². The van der Waals surface area contributed by atoms with Crippen molar-refractivity contribution in [3.05, 3.63) is 59.9 Å². The van der Waals surface area contributed by atoms with Gasteiger partial charge >= 0.3 is 6.36 Å². The van der Waals surface area contributed by atoms with Crippen molar-refractivity contribution in [1.29, 1.82) is 0 Å². The number of rotatable bonds is 3. The SMILES string of the molecule is Cn1nccc1-c1ccc(OC2=NO[C@@]3(CCc4cc(OC(F)(F)F)ccc43)C2)cn1. The molecule has 160 valence electrons. The summed E-state index contributed by atoms with van der Waals surface area (Å²) in [5, 5.41) is 8.20. The maximum Gasteiger partial charge on any atom is 0.573 e. The quantitative estimate of drug-likeness (QED) is 0.619. The lowest BCUT2D eigenvalue weighted by molar-refractivity contribution is -0.274. The van der Waals surface area contributed by atoms with Crippen LogP contribution < -0.4 is 9.47 Å². The molecule has 0 fully saturated rings. The van der Waals surface area contributed by atoms with Crippen LogP contribution in [-0.4, -0.2) is 27.0 Å². The van der Waals surface area contributed by atoms with Gasteiger partial charge in [0.2, 0.25) is 5.90 Å². The lowest BCUT2D eigenvalue weighted by Crippen LogP contribution is -2.24. The Morgan fingerprint density at radius 3 is 2.68 bits per heavy atom. The maximum atomic E-state index is 12.5. The molecule has 0 bridgehead atoms. The van der Waals surface area contributed by atoms with Gasteiger partial charge < -0.3 is 14.3 Å². The Kier molecular flexibility index (Phi) is 4.38. The first kappa shape index (κ1) is 19.4. The highest BCUT2D eigenvalue weighted by molar-refractivity contribution is 5.81. The van der Waals surface area contributed by atoms with E-state index in [1.54, 1.807) is 29.2 Å². The molecule has 0 N–H and O–H groups in total. The number of nitrogens with zero attached hydrogens (tertiary/aromatic N) is 4. The highest BCUT2D eigenvalue weighted by Gasteiger charge is 2.47. The van der Waals surface area contributed by atoms with Gasteiger partial charge in [-0.05, 0) is 48.7 Å². The molecule has 10 heteroatoms. The van der Waals surface area contributed by atoms with E-state index < -0.39 is 12.0 Å². The van der Waals surface area contributed by atoms with Crippen molar-refractivity contribution in [3.63, 3.8) is 0 Å². The van der Waals surface area contributed by atoms with Gasteiger partial charge in [-0.2, -0.15) is 5.10 Å². The molecule has 1 aromatic carbocycles. The molecule has 0 radical (unpaired) electrons.